The average molecular weight is 389 g/mol. The fourth-order valence-electron chi connectivity index (χ4n) is 2.07. The second-order valence-electron chi connectivity index (χ2n) is 7.01. The van der Waals surface area contributed by atoms with Gasteiger partial charge in [-0.25, -0.2) is 14.4 Å². The average Bonchev–Trinajstić information content (AvgIpc) is 2.57. The van der Waals surface area contributed by atoms with Crippen molar-refractivity contribution in [2.75, 3.05) is 14.2 Å². The Kier molecular flexibility index (Phi) is 10.4. The molecule has 0 radical (unpaired) electrons. The molecule has 0 aliphatic heterocycles. The number of alkyl carbamates (subject to hydrolysis) is 1. The van der Waals surface area contributed by atoms with Crippen LogP contribution in [-0.4, -0.2) is 61.9 Å². The molecule has 1 unspecified atom stereocenters. The van der Waals surface area contributed by atoms with Gasteiger partial charge in [0.2, 0.25) is 5.91 Å². The summed E-state index contributed by atoms with van der Waals surface area (Å²) in [7, 11) is 2.43. The highest BCUT2D eigenvalue weighted by Gasteiger charge is 2.26. The van der Waals surface area contributed by atoms with E-state index in [0.717, 1.165) is 0 Å². The lowest BCUT2D eigenvalue weighted by Crippen LogP contribution is -2.47. The molecule has 2 amide bonds. The van der Waals surface area contributed by atoms with Crippen molar-refractivity contribution in [1.82, 2.24) is 10.6 Å². The van der Waals surface area contributed by atoms with Crippen molar-refractivity contribution in [1.29, 1.82) is 0 Å². The molecule has 0 aromatic carbocycles. The monoisotopic (exact) mass is 389 g/mol. The molecule has 0 aromatic rings. The van der Waals surface area contributed by atoms with Gasteiger partial charge in [-0.15, -0.1) is 0 Å². The van der Waals surface area contributed by atoms with Gasteiger partial charge in [0.1, 0.15) is 17.7 Å². The molecule has 10 heteroatoms. The Bertz CT molecular complexity index is 531. The Morgan fingerprint density at radius 1 is 0.963 bits per heavy atom. The maximum Gasteiger partial charge on any atom is 0.408 e. The minimum Gasteiger partial charge on any atom is -0.467 e. The summed E-state index contributed by atoms with van der Waals surface area (Å²) in [6.45, 7) is 6.58. The van der Waals surface area contributed by atoms with Crippen LogP contribution in [0.25, 0.3) is 0 Å². The van der Waals surface area contributed by atoms with Crippen LogP contribution in [0.5, 0.6) is 0 Å². The van der Waals surface area contributed by atoms with Crippen molar-refractivity contribution in [2.24, 2.45) is 5.73 Å². The van der Waals surface area contributed by atoms with Crippen LogP contribution in [0, 0.1) is 0 Å². The van der Waals surface area contributed by atoms with E-state index >= 15 is 0 Å². The Balaban J connectivity index is 4.55. The van der Waals surface area contributed by atoms with Gasteiger partial charge in [0.25, 0.3) is 0 Å². The van der Waals surface area contributed by atoms with Gasteiger partial charge >= 0.3 is 18.0 Å². The number of carbonyl (C=O) groups excluding carboxylic acids is 4. The molecule has 27 heavy (non-hydrogen) atoms. The third-order valence-corrected chi connectivity index (χ3v) is 3.43. The number of hydrogen-bond acceptors (Lipinski definition) is 8. The normalized spacial score (nSPS) is 14.3. The van der Waals surface area contributed by atoms with Crippen LogP contribution < -0.4 is 16.4 Å². The van der Waals surface area contributed by atoms with Crippen LogP contribution in [-0.2, 0) is 28.6 Å². The number of rotatable bonds is 9. The molecule has 0 aromatic heterocycles. The molecule has 0 aliphatic carbocycles. The van der Waals surface area contributed by atoms with Crippen molar-refractivity contribution in [3.05, 3.63) is 0 Å². The number of amides is 2. The summed E-state index contributed by atoms with van der Waals surface area (Å²) in [5.41, 5.74) is 5.09. The van der Waals surface area contributed by atoms with E-state index < -0.39 is 47.7 Å². The molecular weight excluding hydrogens is 358 g/mol. The highest BCUT2D eigenvalue weighted by Crippen LogP contribution is 2.09. The van der Waals surface area contributed by atoms with E-state index in [-0.39, 0.29) is 12.8 Å². The lowest BCUT2D eigenvalue weighted by atomic mass is 10.1. The van der Waals surface area contributed by atoms with E-state index in [4.69, 9.17) is 10.5 Å². The van der Waals surface area contributed by atoms with Crippen molar-refractivity contribution >= 4 is 23.9 Å². The van der Waals surface area contributed by atoms with Crippen LogP contribution in [0.15, 0.2) is 0 Å². The largest absolute Gasteiger partial charge is 0.467 e. The quantitative estimate of drug-likeness (QED) is 0.375. The molecule has 0 aliphatic rings. The zero-order chi connectivity index (χ0) is 21.2. The topological polar surface area (TPSA) is 146 Å². The zero-order valence-corrected chi connectivity index (χ0v) is 16.8. The summed E-state index contributed by atoms with van der Waals surface area (Å²) in [6, 6.07) is -2.61. The van der Waals surface area contributed by atoms with Crippen LogP contribution in [0.1, 0.15) is 47.0 Å². The minimum absolute atomic E-state index is 0.208. The van der Waals surface area contributed by atoms with Gasteiger partial charge in [0.15, 0.2) is 0 Å². The Hall–Kier alpha value is -2.36. The molecule has 0 saturated carbocycles. The van der Waals surface area contributed by atoms with Crippen molar-refractivity contribution in [3.8, 4) is 0 Å². The number of nitrogens with one attached hydrogen (secondary N) is 2. The molecule has 4 N–H and O–H groups in total. The van der Waals surface area contributed by atoms with Crippen molar-refractivity contribution in [2.45, 2.75) is 70.7 Å². The molecule has 10 nitrogen and oxygen atoms in total. The second kappa shape index (κ2) is 11.4. The lowest BCUT2D eigenvalue weighted by molar-refractivity contribution is -0.145. The smallest absolute Gasteiger partial charge is 0.408 e. The first-order valence-corrected chi connectivity index (χ1v) is 8.62. The summed E-state index contributed by atoms with van der Waals surface area (Å²) >= 11 is 0. The third kappa shape index (κ3) is 10.4. The summed E-state index contributed by atoms with van der Waals surface area (Å²) in [4.78, 5) is 46.9. The standard InChI is InChI=1S/C17H31N3O7/c1-10(14(22)25-5)19-13(21)11(18)8-7-9-12(15(23)26-6)20-16(24)27-17(2,3)4/h10-12H,7-9,18H2,1-6H3,(H,19,21)(H,20,24)/t10-,11-,12?/m1/s1. The summed E-state index contributed by atoms with van der Waals surface area (Å²) in [6.07, 6.45) is 0.0613. The van der Waals surface area contributed by atoms with E-state index in [1.807, 2.05) is 0 Å². The van der Waals surface area contributed by atoms with Gasteiger partial charge in [-0.05, 0) is 47.0 Å². The minimum atomic E-state index is -0.922. The first-order chi connectivity index (χ1) is 12.4. The molecule has 0 rings (SSSR count). The van der Waals surface area contributed by atoms with E-state index in [0.29, 0.717) is 6.42 Å². The van der Waals surface area contributed by atoms with Gasteiger partial charge in [-0.2, -0.15) is 0 Å². The van der Waals surface area contributed by atoms with E-state index in [1.165, 1.54) is 21.1 Å². The van der Waals surface area contributed by atoms with Gasteiger partial charge in [-0.1, -0.05) is 0 Å². The van der Waals surface area contributed by atoms with E-state index in [1.54, 1.807) is 20.8 Å². The predicted octanol–water partition coefficient (Wildman–Crippen LogP) is 0.228. The van der Waals surface area contributed by atoms with E-state index in [9.17, 15) is 19.2 Å². The van der Waals surface area contributed by atoms with Gasteiger partial charge in [0, 0.05) is 0 Å². The van der Waals surface area contributed by atoms with Crippen molar-refractivity contribution < 1.29 is 33.4 Å². The first-order valence-electron chi connectivity index (χ1n) is 8.62. The Morgan fingerprint density at radius 2 is 1.52 bits per heavy atom. The first kappa shape index (κ1) is 24.6. The molecule has 0 bridgehead atoms. The number of carbonyl (C=O) groups is 4. The fraction of sp³-hybridized carbons (Fsp3) is 0.765. The maximum absolute atomic E-state index is 11.9. The molecule has 0 saturated heterocycles. The van der Waals surface area contributed by atoms with Crippen molar-refractivity contribution in [3.63, 3.8) is 0 Å². The molecular formula is C17H31N3O7. The Labute approximate surface area is 159 Å². The van der Waals surface area contributed by atoms with Gasteiger partial charge in [-0.3, -0.25) is 4.79 Å². The van der Waals surface area contributed by atoms with E-state index in [2.05, 4.69) is 20.1 Å². The van der Waals surface area contributed by atoms with Crippen LogP contribution in [0.4, 0.5) is 4.79 Å². The predicted molar refractivity (Wildman–Crippen MR) is 96.6 cm³/mol. The van der Waals surface area contributed by atoms with Gasteiger partial charge in [0.05, 0.1) is 20.3 Å². The third-order valence-electron chi connectivity index (χ3n) is 3.43. The summed E-state index contributed by atoms with van der Waals surface area (Å²) < 4.78 is 14.3. The molecule has 0 heterocycles. The fourth-order valence-corrected chi connectivity index (χ4v) is 2.07. The maximum atomic E-state index is 11.9. The zero-order valence-electron chi connectivity index (χ0n) is 16.8. The molecule has 156 valence electrons. The highest BCUT2D eigenvalue weighted by atomic mass is 16.6. The summed E-state index contributed by atoms with van der Waals surface area (Å²) in [5.74, 6) is -1.72. The number of hydrogen-bond donors (Lipinski definition) is 3. The Morgan fingerprint density at radius 3 is 2.00 bits per heavy atom. The SMILES string of the molecule is COC(=O)C(CCC[C@@H](N)C(=O)N[C@H](C)C(=O)OC)NC(=O)OC(C)(C)C. The van der Waals surface area contributed by atoms with Crippen LogP contribution in [0.3, 0.4) is 0 Å². The van der Waals surface area contributed by atoms with Gasteiger partial charge < -0.3 is 30.6 Å². The molecule has 0 fully saturated rings. The summed E-state index contributed by atoms with van der Waals surface area (Å²) in [5, 5.41) is 4.88. The van der Waals surface area contributed by atoms with Crippen LogP contribution >= 0.6 is 0 Å². The lowest BCUT2D eigenvalue weighted by Gasteiger charge is -2.23. The molecule has 3 atom stereocenters. The molecule has 0 spiro atoms. The van der Waals surface area contributed by atoms with Crippen LogP contribution in [0.2, 0.25) is 0 Å². The highest BCUT2D eigenvalue weighted by molar-refractivity contribution is 5.87. The number of methoxy groups -OCH3 is 2. The number of nitrogens with two attached hydrogens (primary N) is 1. The number of esters is 2. The number of ether oxygens (including phenoxy) is 3. The second-order valence-corrected chi connectivity index (χ2v) is 7.01.